The molecule has 0 aromatic heterocycles. The predicted molar refractivity (Wildman–Crippen MR) is 65.9 cm³/mol. The smallest absolute Gasteiger partial charge is 0.218 e. The van der Waals surface area contributed by atoms with Crippen molar-refractivity contribution in [2.75, 3.05) is 13.2 Å². The lowest BCUT2D eigenvalue weighted by Crippen LogP contribution is -2.38. The van der Waals surface area contributed by atoms with Crippen LogP contribution in [0.3, 0.4) is 0 Å². The van der Waals surface area contributed by atoms with Gasteiger partial charge in [-0.25, -0.2) is 8.42 Å². The van der Waals surface area contributed by atoms with Gasteiger partial charge < -0.3 is 5.11 Å². The molecule has 1 heterocycles. The maximum absolute atomic E-state index is 12.2. The molecule has 2 rings (SSSR count). The molecule has 1 fully saturated rings. The maximum Gasteiger partial charge on any atom is 0.218 e. The Balaban J connectivity index is 2.14. The first kappa shape index (κ1) is 12.5. The van der Waals surface area contributed by atoms with Gasteiger partial charge in [-0.15, -0.1) is 0 Å². The second-order valence-corrected chi connectivity index (χ2v) is 6.25. The number of rotatable bonds is 4. The lowest BCUT2D eigenvalue weighted by atomic mass is 10.2. The van der Waals surface area contributed by atoms with Crippen LogP contribution in [0.15, 0.2) is 30.3 Å². The van der Waals surface area contributed by atoms with Crippen LogP contribution in [0, 0.1) is 0 Å². The van der Waals surface area contributed by atoms with Crippen molar-refractivity contribution in [3.8, 4) is 0 Å². The first-order valence-corrected chi connectivity index (χ1v) is 7.39. The zero-order valence-electron chi connectivity index (χ0n) is 9.62. The minimum absolute atomic E-state index is 0.0182. The van der Waals surface area contributed by atoms with E-state index in [9.17, 15) is 8.42 Å². The molecule has 1 saturated heterocycles. The lowest BCUT2D eigenvalue weighted by molar-refractivity contribution is 0.213. The van der Waals surface area contributed by atoms with Crippen molar-refractivity contribution in [3.63, 3.8) is 0 Å². The summed E-state index contributed by atoms with van der Waals surface area (Å²) in [6.07, 6.45) is 1.59. The third kappa shape index (κ3) is 2.86. The van der Waals surface area contributed by atoms with E-state index in [-0.39, 0.29) is 18.4 Å². The van der Waals surface area contributed by atoms with Crippen LogP contribution in [0.25, 0.3) is 0 Å². The number of aliphatic hydroxyl groups is 1. The first-order valence-electron chi connectivity index (χ1n) is 5.78. The molecule has 4 nitrogen and oxygen atoms in total. The Bertz CT molecular complexity index is 458. The van der Waals surface area contributed by atoms with Gasteiger partial charge in [-0.2, -0.15) is 4.31 Å². The molecular formula is C12H17NO3S. The zero-order valence-corrected chi connectivity index (χ0v) is 10.4. The Morgan fingerprint density at radius 1 is 1.29 bits per heavy atom. The maximum atomic E-state index is 12.2. The van der Waals surface area contributed by atoms with E-state index < -0.39 is 10.0 Å². The molecule has 5 heteroatoms. The van der Waals surface area contributed by atoms with E-state index >= 15 is 0 Å². The highest BCUT2D eigenvalue weighted by Gasteiger charge is 2.33. The summed E-state index contributed by atoms with van der Waals surface area (Å²) in [5.41, 5.74) is 0.788. The molecule has 1 N–H and O–H groups in total. The highest BCUT2D eigenvalue weighted by Crippen LogP contribution is 2.22. The average Bonchev–Trinajstić information content (AvgIpc) is 2.78. The molecule has 94 valence electrons. The molecule has 0 bridgehead atoms. The summed E-state index contributed by atoms with van der Waals surface area (Å²) in [7, 11) is -3.30. The Morgan fingerprint density at radius 3 is 2.65 bits per heavy atom. The molecule has 1 aromatic rings. The molecule has 1 aliphatic heterocycles. The summed E-state index contributed by atoms with van der Waals surface area (Å²) >= 11 is 0. The van der Waals surface area contributed by atoms with Gasteiger partial charge >= 0.3 is 0 Å². The Hall–Kier alpha value is -0.910. The van der Waals surface area contributed by atoms with Crippen LogP contribution >= 0.6 is 0 Å². The molecule has 0 saturated carbocycles. The molecule has 0 amide bonds. The second-order valence-electron chi connectivity index (χ2n) is 4.33. The van der Waals surface area contributed by atoms with Gasteiger partial charge in [0.25, 0.3) is 0 Å². The topological polar surface area (TPSA) is 57.6 Å². The molecule has 1 aliphatic rings. The van der Waals surface area contributed by atoms with Crippen molar-refractivity contribution in [1.82, 2.24) is 4.31 Å². The molecule has 0 spiro atoms. The van der Waals surface area contributed by atoms with Crippen molar-refractivity contribution >= 4 is 10.0 Å². The summed E-state index contributed by atoms with van der Waals surface area (Å²) in [6, 6.07) is 8.91. The molecule has 0 radical (unpaired) electrons. The van der Waals surface area contributed by atoms with E-state index in [1.165, 1.54) is 4.31 Å². The van der Waals surface area contributed by atoms with Crippen molar-refractivity contribution < 1.29 is 13.5 Å². The lowest BCUT2D eigenvalue weighted by Gasteiger charge is -2.22. The van der Waals surface area contributed by atoms with E-state index in [1.54, 1.807) is 0 Å². The average molecular weight is 255 g/mol. The van der Waals surface area contributed by atoms with E-state index in [4.69, 9.17) is 5.11 Å². The number of hydrogen-bond acceptors (Lipinski definition) is 3. The van der Waals surface area contributed by atoms with Gasteiger partial charge in [-0.3, -0.25) is 0 Å². The van der Waals surface area contributed by atoms with Crippen LogP contribution in [-0.2, 0) is 15.8 Å². The van der Waals surface area contributed by atoms with E-state index in [2.05, 4.69) is 0 Å². The van der Waals surface area contributed by atoms with Crippen LogP contribution in [-0.4, -0.2) is 37.0 Å². The first-order chi connectivity index (χ1) is 8.13. The Kier molecular flexibility index (Phi) is 3.81. The largest absolute Gasteiger partial charge is 0.395 e. The monoisotopic (exact) mass is 255 g/mol. The van der Waals surface area contributed by atoms with Gasteiger partial charge in [0.15, 0.2) is 0 Å². The van der Waals surface area contributed by atoms with Crippen molar-refractivity contribution in [3.05, 3.63) is 35.9 Å². The van der Waals surface area contributed by atoms with Gasteiger partial charge in [0.1, 0.15) is 0 Å². The molecular weight excluding hydrogens is 238 g/mol. The van der Waals surface area contributed by atoms with Gasteiger partial charge in [-0.05, 0) is 18.4 Å². The summed E-state index contributed by atoms with van der Waals surface area (Å²) in [4.78, 5) is 0. The summed E-state index contributed by atoms with van der Waals surface area (Å²) < 4.78 is 25.8. The normalized spacial score (nSPS) is 21.8. The molecule has 1 aromatic carbocycles. The fourth-order valence-corrected chi connectivity index (χ4v) is 4.04. The van der Waals surface area contributed by atoms with Gasteiger partial charge in [0.2, 0.25) is 10.0 Å². The number of nitrogens with zero attached hydrogens (tertiary/aromatic N) is 1. The summed E-state index contributed by atoms with van der Waals surface area (Å²) in [5, 5.41) is 9.16. The number of hydrogen-bond donors (Lipinski definition) is 1. The predicted octanol–water partition coefficient (Wildman–Crippen LogP) is 0.973. The molecule has 0 unspecified atom stereocenters. The van der Waals surface area contributed by atoms with E-state index in [1.807, 2.05) is 30.3 Å². The SMILES string of the molecule is O=S(=O)(Cc1ccccc1)N1CCC[C@H]1CO. The molecule has 17 heavy (non-hydrogen) atoms. The fraction of sp³-hybridized carbons (Fsp3) is 0.500. The van der Waals surface area contributed by atoms with Crippen LogP contribution < -0.4 is 0 Å². The molecule has 0 aliphatic carbocycles. The quantitative estimate of drug-likeness (QED) is 0.872. The van der Waals surface area contributed by atoms with Gasteiger partial charge in [-0.1, -0.05) is 30.3 Å². The third-order valence-corrected chi connectivity index (χ3v) is 4.98. The van der Waals surface area contributed by atoms with Crippen LogP contribution in [0.2, 0.25) is 0 Å². The third-order valence-electron chi connectivity index (χ3n) is 3.08. The minimum Gasteiger partial charge on any atom is -0.395 e. The second kappa shape index (κ2) is 5.16. The fourth-order valence-electron chi connectivity index (χ4n) is 2.23. The summed E-state index contributed by atoms with van der Waals surface area (Å²) in [5.74, 6) is 0.0182. The van der Waals surface area contributed by atoms with E-state index in [0.717, 1.165) is 18.4 Å². The van der Waals surface area contributed by atoms with Gasteiger partial charge in [0, 0.05) is 12.6 Å². The highest BCUT2D eigenvalue weighted by molar-refractivity contribution is 7.88. The number of sulfonamides is 1. The zero-order chi connectivity index (χ0) is 12.3. The summed E-state index contributed by atoms with van der Waals surface area (Å²) in [6.45, 7) is 0.439. The molecule has 1 atom stereocenters. The number of aliphatic hydroxyl groups excluding tert-OH is 1. The van der Waals surface area contributed by atoms with Crippen LogP contribution in [0.1, 0.15) is 18.4 Å². The van der Waals surface area contributed by atoms with Crippen molar-refractivity contribution in [1.29, 1.82) is 0 Å². The Labute approximate surface area is 102 Å². The Morgan fingerprint density at radius 2 is 2.00 bits per heavy atom. The van der Waals surface area contributed by atoms with Crippen LogP contribution in [0.5, 0.6) is 0 Å². The van der Waals surface area contributed by atoms with Crippen molar-refractivity contribution in [2.45, 2.75) is 24.6 Å². The number of benzene rings is 1. The van der Waals surface area contributed by atoms with Gasteiger partial charge in [0.05, 0.1) is 12.4 Å². The van der Waals surface area contributed by atoms with Crippen molar-refractivity contribution in [2.24, 2.45) is 0 Å². The standard InChI is InChI=1S/C12H17NO3S/c14-9-12-7-4-8-13(12)17(15,16)10-11-5-2-1-3-6-11/h1-3,5-6,12,14H,4,7-10H2/t12-/m0/s1. The van der Waals surface area contributed by atoms with E-state index in [0.29, 0.717) is 6.54 Å². The minimum atomic E-state index is -3.30. The highest BCUT2D eigenvalue weighted by atomic mass is 32.2. The van der Waals surface area contributed by atoms with Crippen LogP contribution in [0.4, 0.5) is 0 Å².